The minimum Gasteiger partial charge on any atom is -0.342 e. The van der Waals surface area contributed by atoms with E-state index in [1.807, 2.05) is 29.4 Å². The zero-order chi connectivity index (χ0) is 21.7. The average Bonchev–Trinajstić information content (AvgIpc) is 3.33. The monoisotopic (exact) mass is 433 g/mol. The van der Waals surface area contributed by atoms with E-state index in [9.17, 15) is 9.59 Å². The molecule has 0 aromatic carbocycles. The maximum Gasteiger partial charge on any atom is 0.254 e. The highest BCUT2D eigenvalue weighted by molar-refractivity contribution is 5.82. The zero-order valence-corrected chi connectivity index (χ0v) is 18.5. The highest BCUT2D eigenvalue weighted by Gasteiger charge is 2.56. The largest absolute Gasteiger partial charge is 0.342 e. The molecule has 0 unspecified atom stereocenters. The summed E-state index contributed by atoms with van der Waals surface area (Å²) in [4.78, 5) is 42.4. The normalized spacial score (nSPS) is 29.4. The number of carbonyl (C=O) groups is 1. The van der Waals surface area contributed by atoms with Gasteiger partial charge in [-0.05, 0) is 55.2 Å². The van der Waals surface area contributed by atoms with Crippen molar-refractivity contribution in [3.8, 4) is 0 Å². The maximum absolute atomic E-state index is 13.1. The molecule has 2 aliphatic carbocycles. The van der Waals surface area contributed by atoms with E-state index in [1.165, 1.54) is 31.2 Å². The number of aromatic amines is 1. The van der Waals surface area contributed by atoms with Crippen LogP contribution in [0.1, 0.15) is 60.7 Å². The van der Waals surface area contributed by atoms with Gasteiger partial charge in [-0.1, -0.05) is 12.8 Å². The highest BCUT2D eigenvalue weighted by atomic mass is 16.2. The third kappa shape index (κ3) is 3.66. The number of likely N-dealkylation sites (tertiary alicyclic amines) is 1. The number of fused-ring (bicyclic) bond motifs is 2. The van der Waals surface area contributed by atoms with Crippen molar-refractivity contribution < 1.29 is 4.79 Å². The summed E-state index contributed by atoms with van der Waals surface area (Å²) in [6, 6.07) is 4.07. The van der Waals surface area contributed by atoms with Gasteiger partial charge in [0.1, 0.15) is 5.82 Å². The van der Waals surface area contributed by atoms with Crippen molar-refractivity contribution in [1.82, 2.24) is 24.8 Å². The number of aromatic nitrogens is 3. The average molecular weight is 434 g/mol. The SMILES string of the molecule is O=C(C1[C@@H]2CCCC[C@@H]12)N1CC[C@@H](c2nc3c(c(=O)[nH]2)CCN(Cc2ccncc2)C3)C1. The smallest absolute Gasteiger partial charge is 0.254 e. The molecule has 4 aliphatic rings. The number of amides is 1. The van der Waals surface area contributed by atoms with Crippen molar-refractivity contribution in [2.75, 3.05) is 19.6 Å². The van der Waals surface area contributed by atoms with Gasteiger partial charge in [-0.3, -0.25) is 19.5 Å². The lowest BCUT2D eigenvalue weighted by Gasteiger charge is -2.28. The second-order valence-electron chi connectivity index (χ2n) is 10.1. The quantitative estimate of drug-likeness (QED) is 0.801. The van der Waals surface area contributed by atoms with E-state index in [1.54, 1.807) is 0 Å². The van der Waals surface area contributed by atoms with E-state index < -0.39 is 0 Å². The third-order valence-electron chi connectivity index (χ3n) is 8.15. The molecule has 32 heavy (non-hydrogen) atoms. The van der Waals surface area contributed by atoms with E-state index in [0.29, 0.717) is 30.8 Å². The van der Waals surface area contributed by atoms with Crippen LogP contribution in [0.2, 0.25) is 0 Å². The Hall–Kier alpha value is -2.54. The van der Waals surface area contributed by atoms with E-state index in [0.717, 1.165) is 49.6 Å². The van der Waals surface area contributed by atoms with Crippen molar-refractivity contribution in [1.29, 1.82) is 0 Å². The molecule has 3 fully saturated rings. The van der Waals surface area contributed by atoms with Crippen LogP contribution in [0.4, 0.5) is 0 Å². The Morgan fingerprint density at radius 1 is 1.09 bits per heavy atom. The van der Waals surface area contributed by atoms with Gasteiger partial charge >= 0.3 is 0 Å². The molecule has 4 heterocycles. The van der Waals surface area contributed by atoms with Gasteiger partial charge in [-0.15, -0.1) is 0 Å². The molecule has 2 aliphatic heterocycles. The second-order valence-corrected chi connectivity index (χ2v) is 10.1. The number of nitrogens with one attached hydrogen (secondary N) is 1. The van der Waals surface area contributed by atoms with Crippen molar-refractivity contribution in [2.24, 2.45) is 17.8 Å². The fourth-order valence-electron chi connectivity index (χ4n) is 6.34. The van der Waals surface area contributed by atoms with Crippen LogP contribution in [0.5, 0.6) is 0 Å². The molecule has 168 valence electrons. The molecular formula is C25H31N5O2. The van der Waals surface area contributed by atoms with Gasteiger partial charge in [-0.2, -0.15) is 0 Å². The lowest BCUT2D eigenvalue weighted by Crippen LogP contribution is -2.36. The molecule has 1 N–H and O–H groups in total. The molecule has 2 saturated carbocycles. The van der Waals surface area contributed by atoms with Crippen molar-refractivity contribution in [2.45, 2.75) is 57.5 Å². The van der Waals surface area contributed by atoms with Gasteiger partial charge in [0.05, 0.1) is 5.69 Å². The first-order valence-electron chi connectivity index (χ1n) is 12.2. The molecular weight excluding hydrogens is 402 g/mol. The molecule has 0 bridgehead atoms. The van der Waals surface area contributed by atoms with E-state index in [-0.39, 0.29) is 17.4 Å². The first-order chi connectivity index (χ1) is 15.7. The summed E-state index contributed by atoms with van der Waals surface area (Å²) in [5.74, 6) is 2.81. The predicted octanol–water partition coefficient (Wildman–Crippen LogP) is 2.48. The second kappa shape index (κ2) is 8.10. The molecule has 0 radical (unpaired) electrons. The van der Waals surface area contributed by atoms with Gasteiger partial charge < -0.3 is 9.88 Å². The summed E-state index contributed by atoms with van der Waals surface area (Å²) in [6.07, 6.45) is 10.3. The minimum absolute atomic E-state index is 0.00607. The van der Waals surface area contributed by atoms with Crippen LogP contribution >= 0.6 is 0 Å². The Kier molecular flexibility index (Phi) is 5.09. The van der Waals surface area contributed by atoms with Crippen LogP contribution in [-0.4, -0.2) is 50.3 Å². The number of rotatable bonds is 4. The van der Waals surface area contributed by atoms with E-state index >= 15 is 0 Å². The molecule has 1 amide bonds. The Morgan fingerprint density at radius 2 is 1.88 bits per heavy atom. The summed E-state index contributed by atoms with van der Waals surface area (Å²) >= 11 is 0. The Balaban J connectivity index is 1.15. The van der Waals surface area contributed by atoms with E-state index in [2.05, 4.69) is 14.9 Å². The lowest BCUT2D eigenvalue weighted by molar-refractivity contribution is -0.132. The zero-order valence-electron chi connectivity index (χ0n) is 18.5. The first-order valence-corrected chi connectivity index (χ1v) is 12.2. The first kappa shape index (κ1) is 20.1. The molecule has 7 heteroatoms. The molecule has 3 atom stereocenters. The number of carbonyl (C=O) groups excluding carboxylic acids is 1. The number of H-pyrrole nitrogens is 1. The number of nitrogens with zero attached hydrogens (tertiary/aromatic N) is 4. The van der Waals surface area contributed by atoms with Crippen LogP contribution < -0.4 is 5.56 Å². The van der Waals surface area contributed by atoms with Gasteiger partial charge in [0.15, 0.2) is 0 Å². The minimum atomic E-state index is 0.00607. The topological polar surface area (TPSA) is 82.2 Å². The van der Waals surface area contributed by atoms with Crippen LogP contribution in [0.15, 0.2) is 29.3 Å². The van der Waals surface area contributed by atoms with E-state index in [4.69, 9.17) is 4.98 Å². The lowest BCUT2D eigenvalue weighted by atomic mass is 10.0. The summed E-state index contributed by atoms with van der Waals surface area (Å²) in [7, 11) is 0. The summed E-state index contributed by atoms with van der Waals surface area (Å²) in [5, 5.41) is 0. The molecule has 2 aromatic rings. The Morgan fingerprint density at radius 3 is 2.66 bits per heavy atom. The van der Waals surface area contributed by atoms with Gasteiger partial charge in [0, 0.05) is 62.5 Å². The molecule has 0 spiro atoms. The number of pyridine rings is 1. The molecule has 2 aromatic heterocycles. The molecule has 6 rings (SSSR count). The van der Waals surface area contributed by atoms with Crippen LogP contribution in [0.25, 0.3) is 0 Å². The summed E-state index contributed by atoms with van der Waals surface area (Å²) < 4.78 is 0. The van der Waals surface area contributed by atoms with Crippen LogP contribution in [0, 0.1) is 17.8 Å². The Bertz CT molecular complexity index is 1060. The van der Waals surface area contributed by atoms with Gasteiger partial charge in [0.2, 0.25) is 5.91 Å². The summed E-state index contributed by atoms with van der Waals surface area (Å²) in [6.45, 7) is 3.86. The maximum atomic E-state index is 13.1. The highest BCUT2D eigenvalue weighted by Crippen LogP contribution is 2.56. The van der Waals surface area contributed by atoms with Crippen molar-refractivity contribution in [3.63, 3.8) is 0 Å². The molecule has 1 saturated heterocycles. The number of hydrogen-bond acceptors (Lipinski definition) is 5. The van der Waals surface area contributed by atoms with Crippen LogP contribution in [0.3, 0.4) is 0 Å². The summed E-state index contributed by atoms with van der Waals surface area (Å²) in [5.41, 5.74) is 2.96. The van der Waals surface area contributed by atoms with Crippen molar-refractivity contribution >= 4 is 5.91 Å². The Labute approximate surface area is 188 Å². The van der Waals surface area contributed by atoms with Gasteiger partial charge in [-0.25, -0.2) is 4.98 Å². The van der Waals surface area contributed by atoms with Crippen molar-refractivity contribution in [3.05, 3.63) is 57.5 Å². The predicted molar refractivity (Wildman–Crippen MR) is 120 cm³/mol. The fourth-order valence-corrected chi connectivity index (χ4v) is 6.34. The third-order valence-corrected chi connectivity index (χ3v) is 8.15. The standard InChI is InChI=1S/C25H31N5O2/c31-24-20-8-11-29(13-16-5-9-26-10-6-16)15-21(20)27-23(28-24)17-7-12-30(14-17)25(32)22-18-3-1-2-4-19(18)22/h5-6,9-10,17-19,22H,1-4,7-8,11-15H2,(H,27,28,31)/t17-,18-,19-/m1/s1. The molecule has 7 nitrogen and oxygen atoms in total. The number of hydrogen-bond donors (Lipinski definition) is 1. The van der Waals surface area contributed by atoms with Gasteiger partial charge in [0.25, 0.3) is 5.56 Å². The van der Waals surface area contributed by atoms with Crippen LogP contribution in [-0.2, 0) is 24.3 Å². The fraction of sp³-hybridized carbons (Fsp3) is 0.600.